The number of nitrogens with zero attached hydrogens (tertiary/aromatic N) is 2. The molecule has 5 nitrogen and oxygen atoms in total. The second-order valence-electron chi connectivity index (χ2n) is 5.58. The lowest BCUT2D eigenvalue weighted by Crippen LogP contribution is -2.09. The molecule has 0 radical (unpaired) electrons. The van der Waals surface area contributed by atoms with E-state index in [9.17, 15) is 0 Å². The van der Waals surface area contributed by atoms with Crippen molar-refractivity contribution >= 4 is 17.9 Å². The number of hydrogen-bond donors (Lipinski definition) is 2. The zero-order chi connectivity index (χ0) is 17.1. The van der Waals surface area contributed by atoms with Crippen LogP contribution < -0.4 is 10.1 Å². The fourth-order valence-corrected chi connectivity index (χ4v) is 2.81. The number of hydrogen-bond acceptors (Lipinski definition) is 4. The maximum atomic E-state index is 5.42. The van der Waals surface area contributed by atoms with Gasteiger partial charge in [0, 0.05) is 5.69 Å². The van der Waals surface area contributed by atoms with Crippen molar-refractivity contribution in [2.75, 3.05) is 12.4 Å². The van der Waals surface area contributed by atoms with Gasteiger partial charge >= 0.3 is 0 Å². The quantitative estimate of drug-likeness (QED) is 0.685. The number of nitrogens with one attached hydrogen (secondary N) is 2. The van der Waals surface area contributed by atoms with Gasteiger partial charge in [-0.05, 0) is 67.5 Å². The number of H-pyrrole nitrogens is 1. The summed E-state index contributed by atoms with van der Waals surface area (Å²) in [5.74, 6) is 1.67. The minimum Gasteiger partial charge on any atom is -0.497 e. The number of benzene rings is 2. The van der Waals surface area contributed by atoms with Crippen molar-refractivity contribution in [3.05, 3.63) is 64.2 Å². The first-order chi connectivity index (χ1) is 11.6. The van der Waals surface area contributed by atoms with E-state index >= 15 is 0 Å². The molecule has 0 saturated carbocycles. The Bertz CT molecular complexity index is 896. The van der Waals surface area contributed by atoms with Crippen LogP contribution in [0.3, 0.4) is 0 Å². The van der Waals surface area contributed by atoms with E-state index in [0.29, 0.717) is 11.3 Å². The third-order valence-electron chi connectivity index (χ3n) is 4.10. The van der Waals surface area contributed by atoms with Gasteiger partial charge in [-0.25, -0.2) is 0 Å². The molecule has 0 amide bonds. The van der Waals surface area contributed by atoms with Crippen molar-refractivity contribution in [1.29, 1.82) is 0 Å². The first kappa shape index (κ1) is 16.3. The highest BCUT2D eigenvalue weighted by atomic mass is 32.1. The third kappa shape index (κ3) is 3.19. The van der Waals surface area contributed by atoms with E-state index in [0.717, 1.165) is 22.9 Å². The smallest absolute Gasteiger partial charge is 0.199 e. The Morgan fingerprint density at radius 2 is 1.92 bits per heavy atom. The van der Waals surface area contributed by atoms with Gasteiger partial charge in [0.2, 0.25) is 0 Å². The normalized spacial score (nSPS) is 10.6. The molecule has 0 unspecified atom stereocenters. The highest BCUT2D eigenvalue weighted by Gasteiger charge is 2.11. The molecule has 0 saturated heterocycles. The monoisotopic (exact) mass is 340 g/mol. The van der Waals surface area contributed by atoms with Crippen LogP contribution in [0.5, 0.6) is 5.75 Å². The lowest BCUT2D eigenvalue weighted by Gasteiger charge is -2.13. The van der Waals surface area contributed by atoms with E-state index in [1.807, 2.05) is 34.9 Å². The highest BCUT2D eigenvalue weighted by Crippen LogP contribution is 2.20. The summed E-state index contributed by atoms with van der Waals surface area (Å²) in [6, 6.07) is 14.0. The number of ether oxygens (including phenoxy) is 1. The minimum atomic E-state index is 0.562. The fraction of sp³-hybridized carbons (Fsp3) is 0.222. The molecule has 6 heteroatoms. The van der Waals surface area contributed by atoms with Crippen LogP contribution in [0, 0.1) is 18.6 Å². The molecular weight excluding hydrogens is 320 g/mol. The summed E-state index contributed by atoms with van der Waals surface area (Å²) in [5.41, 5.74) is 4.47. The fourth-order valence-electron chi connectivity index (χ4n) is 2.56. The lowest BCUT2D eigenvalue weighted by atomic mass is 10.1. The Balaban J connectivity index is 1.87. The summed E-state index contributed by atoms with van der Waals surface area (Å²) in [7, 11) is 1.66. The second kappa shape index (κ2) is 6.88. The number of aromatic nitrogens is 3. The molecule has 0 bridgehead atoms. The van der Waals surface area contributed by atoms with Crippen molar-refractivity contribution < 1.29 is 4.74 Å². The summed E-state index contributed by atoms with van der Waals surface area (Å²) in [6.07, 6.45) is 0. The van der Waals surface area contributed by atoms with Crippen LogP contribution in [0.4, 0.5) is 5.69 Å². The predicted octanol–water partition coefficient (Wildman–Crippen LogP) is 4.17. The molecule has 24 heavy (non-hydrogen) atoms. The van der Waals surface area contributed by atoms with E-state index in [1.54, 1.807) is 7.11 Å². The van der Waals surface area contributed by atoms with Crippen LogP contribution in [0.1, 0.15) is 17.0 Å². The summed E-state index contributed by atoms with van der Waals surface area (Å²) in [5, 5.41) is 10.6. The molecule has 3 aromatic rings. The Kier molecular flexibility index (Phi) is 4.66. The molecule has 0 aliphatic heterocycles. The topological polar surface area (TPSA) is 54.9 Å². The molecular formula is C18H20N4OS. The summed E-state index contributed by atoms with van der Waals surface area (Å²) in [4.78, 5) is 0. The van der Waals surface area contributed by atoms with Crippen molar-refractivity contribution in [2.24, 2.45) is 0 Å². The molecule has 3 rings (SSSR count). The zero-order valence-electron chi connectivity index (χ0n) is 14.0. The first-order valence-electron chi connectivity index (χ1n) is 7.71. The van der Waals surface area contributed by atoms with E-state index < -0.39 is 0 Å². The molecule has 2 aromatic carbocycles. The summed E-state index contributed by atoms with van der Waals surface area (Å²) < 4.78 is 7.75. The Hall–Kier alpha value is -2.60. The molecule has 1 aromatic heterocycles. The van der Waals surface area contributed by atoms with Crippen LogP contribution in [-0.2, 0) is 6.54 Å². The van der Waals surface area contributed by atoms with Crippen LogP contribution in [0.15, 0.2) is 42.5 Å². The summed E-state index contributed by atoms with van der Waals surface area (Å²) in [6.45, 7) is 4.75. The first-order valence-corrected chi connectivity index (χ1v) is 8.12. The van der Waals surface area contributed by atoms with Gasteiger partial charge in [0.15, 0.2) is 10.6 Å². The maximum Gasteiger partial charge on any atom is 0.199 e. The van der Waals surface area contributed by atoms with Crippen molar-refractivity contribution in [3.63, 3.8) is 0 Å². The Morgan fingerprint density at radius 3 is 2.62 bits per heavy atom. The standard InChI is InChI=1S/C18H20N4OS/c1-12-5-4-6-16(13(12)2)22-17(20-21-18(22)24)11-19-14-7-9-15(23-3)10-8-14/h4-10,19H,11H2,1-3H3,(H,21,24). The zero-order valence-corrected chi connectivity index (χ0v) is 14.8. The Morgan fingerprint density at radius 1 is 1.17 bits per heavy atom. The molecule has 0 spiro atoms. The van der Waals surface area contributed by atoms with Gasteiger partial charge < -0.3 is 10.1 Å². The Labute approximate surface area is 146 Å². The van der Waals surface area contributed by atoms with Crippen molar-refractivity contribution in [2.45, 2.75) is 20.4 Å². The summed E-state index contributed by atoms with van der Waals surface area (Å²) >= 11 is 5.42. The molecule has 124 valence electrons. The number of aromatic amines is 1. The van der Waals surface area contributed by atoms with Crippen LogP contribution in [0.2, 0.25) is 0 Å². The highest BCUT2D eigenvalue weighted by molar-refractivity contribution is 7.71. The van der Waals surface area contributed by atoms with Gasteiger partial charge in [0.05, 0.1) is 19.3 Å². The number of rotatable bonds is 5. The number of aryl methyl sites for hydroxylation is 1. The van der Waals surface area contributed by atoms with E-state index in [1.165, 1.54) is 11.1 Å². The lowest BCUT2D eigenvalue weighted by molar-refractivity contribution is 0.415. The SMILES string of the molecule is COc1ccc(NCc2n[nH]c(=S)n2-c2cccc(C)c2C)cc1. The average molecular weight is 340 g/mol. The second-order valence-corrected chi connectivity index (χ2v) is 5.97. The predicted molar refractivity (Wildman–Crippen MR) is 98.5 cm³/mol. The van der Waals surface area contributed by atoms with Gasteiger partial charge in [0.25, 0.3) is 0 Å². The molecule has 2 N–H and O–H groups in total. The van der Waals surface area contributed by atoms with E-state index in [-0.39, 0.29) is 0 Å². The van der Waals surface area contributed by atoms with E-state index in [2.05, 4.69) is 41.5 Å². The molecule has 0 aliphatic carbocycles. The van der Waals surface area contributed by atoms with E-state index in [4.69, 9.17) is 17.0 Å². The minimum absolute atomic E-state index is 0.562. The molecule has 0 fully saturated rings. The van der Waals surface area contributed by atoms with Crippen LogP contribution in [-0.4, -0.2) is 21.9 Å². The van der Waals surface area contributed by atoms with Crippen LogP contribution >= 0.6 is 12.2 Å². The van der Waals surface area contributed by atoms with Gasteiger partial charge in [-0.3, -0.25) is 9.67 Å². The van der Waals surface area contributed by atoms with Gasteiger partial charge in [0.1, 0.15) is 5.75 Å². The van der Waals surface area contributed by atoms with Gasteiger partial charge in [-0.2, -0.15) is 5.10 Å². The molecule has 0 aliphatic rings. The number of methoxy groups -OCH3 is 1. The van der Waals surface area contributed by atoms with Crippen molar-refractivity contribution in [3.8, 4) is 11.4 Å². The van der Waals surface area contributed by atoms with Gasteiger partial charge in [-0.15, -0.1) is 0 Å². The largest absolute Gasteiger partial charge is 0.497 e. The molecule has 0 atom stereocenters. The van der Waals surface area contributed by atoms with Gasteiger partial charge in [-0.1, -0.05) is 12.1 Å². The third-order valence-corrected chi connectivity index (χ3v) is 4.37. The average Bonchev–Trinajstić information content (AvgIpc) is 2.96. The molecule has 1 heterocycles. The maximum absolute atomic E-state index is 5.42. The van der Waals surface area contributed by atoms with Crippen molar-refractivity contribution in [1.82, 2.24) is 14.8 Å². The number of anilines is 1. The van der Waals surface area contributed by atoms with Crippen LogP contribution in [0.25, 0.3) is 5.69 Å².